The van der Waals surface area contributed by atoms with Crippen molar-refractivity contribution in [2.45, 2.75) is 18.5 Å². The molecule has 1 aliphatic carbocycles. The van der Waals surface area contributed by atoms with Crippen LogP contribution < -0.4 is 5.32 Å². The third-order valence-corrected chi connectivity index (χ3v) is 6.36. The maximum Gasteiger partial charge on any atom is 0.0931 e. The van der Waals surface area contributed by atoms with Crippen molar-refractivity contribution in [3.8, 4) is 0 Å². The van der Waals surface area contributed by atoms with Crippen LogP contribution in [-0.2, 0) is 4.57 Å². The zero-order valence-corrected chi connectivity index (χ0v) is 7.07. The summed E-state index contributed by atoms with van der Waals surface area (Å²) in [6.45, 7) is 1.99. The molecule has 0 atom stereocenters. The summed E-state index contributed by atoms with van der Waals surface area (Å²) in [6, 6.07) is 0. The average molecular weight is 159 g/mol. The van der Waals surface area contributed by atoms with Gasteiger partial charge in [-0.25, -0.2) is 0 Å². The van der Waals surface area contributed by atoms with Gasteiger partial charge < -0.3 is 9.88 Å². The molecule has 58 valence electrons. The molecule has 0 unspecified atom stereocenters. The van der Waals surface area contributed by atoms with Gasteiger partial charge in [0.15, 0.2) is 0 Å². The first-order valence-corrected chi connectivity index (χ1v) is 6.24. The minimum absolute atomic E-state index is 0.648. The second-order valence-electron chi connectivity index (χ2n) is 3.38. The standard InChI is InChI=1S/C7H14NOP/c9-10(7-1-2-7)5-3-8-4-6-10/h7-8H,1-6H2. The van der Waals surface area contributed by atoms with Gasteiger partial charge >= 0.3 is 0 Å². The zero-order chi connectivity index (χ0) is 7.03. The minimum atomic E-state index is -1.64. The highest BCUT2D eigenvalue weighted by molar-refractivity contribution is 7.65. The molecule has 0 aromatic carbocycles. The van der Waals surface area contributed by atoms with E-state index in [-0.39, 0.29) is 0 Å². The minimum Gasteiger partial charge on any atom is -0.323 e. The van der Waals surface area contributed by atoms with Crippen LogP contribution in [0.25, 0.3) is 0 Å². The molecule has 10 heavy (non-hydrogen) atoms. The predicted octanol–water partition coefficient (Wildman–Crippen LogP) is 1.12. The van der Waals surface area contributed by atoms with Gasteiger partial charge in [0, 0.05) is 31.1 Å². The van der Waals surface area contributed by atoms with E-state index in [9.17, 15) is 4.57 Å². The molecule has 0 aromatic heterocycles. The smallest absolute Gasteiger partial charge is 0.0931 e. The lowest BCUT2D eigenvalue weighted by atomic mass is 10.6. The van der Waals surface area contributed by atoms with Crippen molar-refractivity contribution in [2.75, 3.05) is 25.4 Å². The van der Waals surface area contributed by atoms with Crippen LogP contribution in [0.3, 0.4) is 0 Å². The van der Waals surface area contributed by atoms with Crippen LogP contribution in [0, 0.1) is 0 Å². The van der Waals surface area contributed by atoms with Gasteiger partial charge in [-0.1, -0.05) is 0 Å². The molecule has 1 heterocycles. The van der Waals surface area contributed by atoms with Crippen molar-refractivity contribution in [1.29, 1.82) is 0 Å². The molecule has 0 spiro atoms. The number of hydrogen-bond donors (Lipinski definition) is 1. The molecule has 1 aliphatic heterocycles. The normalized spacial score (nSPS) is 32.0. The monoisotopic (exact) mass is 159 g/mol. The fourth-order valence-electron chi connectivity index (χ4n) is 1.68. The fourth-order valence-corrected chi connectivity index (χ4v) is 4.80. The first kappa shape index (κ1) is 6.87. The predicted molar refractivity (Wildman–Crippen MR) is 43.2 cm³/mol. The Morgan fingerprint density at radius 2 is 1.80 bits per heavy atom. The van der Waals surface area contributed by atoms with Crippen molar-refractivity contribution >= 4 is 7.14 Å². The summed E-state index contributed by atoms with van der Waals surface area (Å²) in [5.41, 5.74) is 0.648. The molecule has 3 heteroatoms. The Kier molecular flexibility index (Phi) is 1.62. The maximum absolute atomic E-state index is 12.0. The Hall–Kier alpha value is 0.190. The van der Waals surface area contributed by atoms with Gasteiger partial charge in [0.25, 0.3) is 0 Å². The second-order valence-corrected chi connectivity index (χ2v) is 6.91. The average Bonchev–Trinajstić information content (AvgIpc) is 2.69. The summed E-state index contributed by atoms with van der Waals surface area (Å²) in [5.74, 6) is 0. The summed E-state index contributed by atoms with van der Waals surface area (Å²) < 4.78 is 12.0. The van der Waals surface area contributed by atoms with Gasteiger partial charge in [-0.3, -0.25) is 0 Å². The Labute approximate surface area is 61.8 Å². The Bertz CT molecular complexity index is 166. The molecule has 1 saturated heterocycles. The van der Waals surface area contributed by atoms with Crippen LogP contribution in [0.15, 0.2) is 0 Å². The van der Waals surface area contributed by atoms with Crippen molar-refractivity contribution in [1.82, 2.24) is 5.32 Å². The zero-order valence-electron chi connectivity index (χ0n) is 6.18. The molecule has 2 aliphatic rings. The first-order valence-electron chi connectivity index (χ1n) is 4.10. The van der Waals surface area contributed by atoms with E-state index in [2.05, 4.69) is 5.32 Å². The van der Waals surface area contributed by atoms with E-state index >= 15 is 0 Å². The van der Waals surface area contributed by atoms with Crippen molar-refractivity contribution < 1.29 is 4.57 Å². The lowest BCUT2D eigenvalue weighted by molar-refractivity contribution is 0.560. The third kappa shape index (κ3) is 1.15. The summed E-state index contributed by atoms with van der Waals surface area (Å²) in [5, 5.41) is 3.25. The molecule has 0 radical (unpaired) electrons. The SMILES string of the molecule is O=P1(C2CC2)CCNCC1. The number of nitrogens with one attached hydrogen (secondary N) is 1. The van der Waals surface area contributed by atoms with Gasteiger partial charge in [-0.05, 0) is 12.8 Å². The van der Waals surface area contributed by atoms with E-state index in [1.165, 1.54) is 12.8 Å². The highest BCUT2D eigenvalue weighted by atomic mass is 31.2. The van der Waals surface area contributed by atoms with Crippen molar-refractivity contribution in [2.24, 2.45) is 0 Å². The summed E-state index contributed by atoms with van der Waals surface area (Å²) in [4.78, 5) is 0. The number of hydrogen-bond acceptors (Lipinski definition) is 2. The van der Waals surface area contributed by atoms with Gasteiger partial charge in [0.2, 0.25) is 0 Å². The molecule has 0 bridgehead atoms. The molecule has 0 aromatic rings. The van der Waals surface area contributed by atoms with E-state index in [1.54, 1.807) is 0 Å². The van der Waals surface area contributed by atoms with Crippen LogP contribution >= 0.6 is 7.14 Å². The summed E-state index contributed by atoms with van der Waals surface area (Å²) in [7, 11) is -1.64. The highest BCUT2D eigenvalue weighted by Gasteiger charge is 2.40. The van der Waals surface area contributed by atoms with Crippen molar-refractivity contribution in [3.05, 3.63) is 0 Å². The first-order chi connectivity index (χ1) is 4.81. The quantitative estimate of drug-likeness (QED) is 0.581. The lowest BCUT2D eigenvalue weighted by Crippen LogP contribution is -2.29. The van der Waals surface area contributed by atoms with E-state index in [0.717, 1.165) is 25.4 Å². The second kappa shape index (κ2) is 2.35. The van der Waals surface area contributed by atoms with Crippen LogP contribution in [-0.4, -0.2) is 31.1 Å². The maximum atomic E-state index is 12.0. The highest BCUT2D eigenvalue weighted by Crippen LogP contribution is 2.60. The van der Waals surface area contributed by atoms with Crippen molar-refractivity contribution in [3.63, 3.8) is 0 Å². The molecule has 2 fully saturated rings. The topological polar surface area (TPSA) is 29.1 Å². The van der Waals surface area contributed by atoms with E-state index < -0.39 is 7.14 Å². The van der Waals surface area contributed by atoms with E-state index in [1.807, 2.05) is 0 Å². The van der Waals surface area contributed by atoms with Gasteiger partial charge in [-0.2, -0.15) is 0 Å². The van der Waals surface area contributed by atoms with E-state index in [0.29, 0.717) is 5.66 Å². The lowest BCUT2D eigenvalue weighted by Gasteiger charge is -2.22. The van der Waals surface area contributed by atoms with Crippen LogP contribution in [0.2, 0.25) is 0 Å². The Morgan fingerprint density at radius 1 is 1.20 bits per heavy atom. The van der Waals surface area contributed by atoms with Gasteiger partial charge in [0.05, 0.1) is 7.14 Å². The van der Waals surface area contributed by atoms with Gasteiger partial charge in [-0.15, -0.1) is 0 Å². The molecular weight excluding hydrogens is 145 g/mol. The molecule has 0 amide bonds. The molecule has 1 N–H and O–H groups in total. The molecular formula is C7H14NOP. The van der Waals surface area contributed by atoms with Crippen LogP contribution in [0.5, 0.6) is 0 Å². The third-order valence-electron chi connectivity index (χ3n) is 2.55. The molecule has 2 rings (SSSR count). The Balaban J connectivity index is 2.04. The largest absolute Gasteiger partial charge is 0.323 e. The summed E-state index contributed by atoms with van der Waals surface area (Å²) >= 11 is 0. The van der Waals surface area contributed by atoms with E-state index in [4.69, 9.17) is 0 Å². The fraction of sp³-hybridized carbons (Fsp3) is 1.00. The van der Waals surface area contributed by atoms with Crippen LogP contribution in [0.1, 0.15) is 12.8 Å². The Morgan fingerprint density at radius 3 is 2.30 bits per heavy atom. The molecule has 2 nitrogen and oxygen atoms in total. The van der Waals surface area contributed by atoms with Gasteiger partial charge in [0.1, 0.15) is 0 Å². The molecule has 1 saturated carbocycles. The summed E-state index contributed by atoms with van der Waals surface area (Å²) in [6.07, 6.45) is 4.43. The van der Waals surface area contributed by atoms with Crippen LogP contribution in [0.4, 0.5) is 0 Å². The number of rotatable bonds is 1.